The molecule has 13 heterocycles. The summed E-state index contributed by atoms with van der Waals surface area (Å²) in [6.07, 6.45) is 11.5. The number of carbonyl (C=O) groups is 4. The van der Waals surface area contributed by atoms with Crippen LogP contribution in [0.2, 0.25) is 10.0 Å². The van der Waals surface area contributed by atoms with Crippen LogP contribution in [-0.2, 0) is 70.2 Å². The Bertz CT molecular complexity index is 5370. The molecule has 3 aromatic carbocycles. The van der Waals surface area contributed by atoms with Crippen molar-refractivity contribution in [3.8, 4) is 5.75 Å². The van der Waals surface area contributed by atoms with Gasteiger partial charge >= 0.3 is 45.5 Å². The largest absolute Gasteiger partial charge is 0.498 e. The van der Waals surface area contributed by atoms with E-state index in [-0.39, 0.29) is 131 Å². The summed E-state index contributed by atoms with van der Waals surface area (Å²) in [7, 11) is -3.51. The van der Waals surface area contributed by atoms with Crippen molar-refractivity contribution in [2.75, 3.05) is 103 Å². The Morgan fingerprint density at radius 3 is 1.25 bits per heavy atom. The van der Waals surface area contributed by atoms with Crippen LogP contribution < -0.4 is 21.3 Å². The van der Waals surface area contributed by atoms with Crippen LogP contribution in [0.3, 0.4) is 0 Å². The number of benzene rings is 3. The smallest absolute Gasteiger partial charge is 0.482 e. The van der Waals surface area contributed by atoms with E-state index in [1.165, 1.54) is 33.1 Å². The molecule has 38 nitrogen and oxygen atoms in total. The van der Waals surface area contributed by atoms with Crippen LogP contribution in [0.1, 0.15) is 221 Å². The molecular weight excluding hydrogens is 2270 g/mol. The number of halogens is 8. The summed E-state index contributed by atoms with van der Waals surface area (Å²) >= 11 is 20.6. The second-order valence-corrected chi connectivity index (χ2v) is 50.8. The summed E-state index contributed by atoms with van der Waals surface area (Å²) in [4.78, 5) is 58.9. The SMILES string of the molecule is Brc1cn[nH]c1.CC(C)(C)OC(=O)N1CC(O)C1.CC(C)(C)OC(=O)N1CC(OS(C)(=O)=O)C1.CC(C)(C)OC(=O)N1CC(n2cc(B3OC(C)(C)C(C)(C)O3)cn2)C1.CC(C)(C)OC(=O)N1CC(n2cc(Br)cn2)C1.CC(Oc1cc(I)cnc1N)c1c(Cl)ccc(F)c1Cl.CC1(C)OB(B2OC(C)(C)C(C)(C)O2)OC1(C)C.CCO.CS(=O)(=O)Cl.Cl.OC1CN(C(c2ccccc2)c2ccccc2)C1.OC1CNC1. The number of H-pyrrole nitrogens is 1. The molecule has 1 atom stereocenters. The number of pyridine rings is 1. The first-order valence-corrected chi connectivity index (χ1v) is 55.0. The average molecular weight is 2410 g/mol. The number of rotatable bonds is 12. The Hall–Kier alpha value is -6.53. The fourth-order valence-corrected chi connectivity index (χ4v) is 15.5. The number of nitrogens with zero attached hydrogens (tertiary/aromatic N) is 11. The van der Waals surface area contributed by atoms with E-state index in [9.17, 15) is 45.5 Å². The third kappa shape index (κ3) is 42.8. The van der Waals surface area contributed by atoms with Gasteiger partial charge in [-0.15, -0.1) is 12.4 Å². The molecule has 818 valence electrons. The quantitative estimate of drug-likeness (QED) is 0.0149. The molecule has 8 N–H and O–H groups in total. The van der Waals surface area contributed by atoms with Crippen LogP contribution >= 0.6 is 101 Å². The molecule has 51 heteroatoms. The van der Waals surface area contributed by atoms with Gasteiger partial charge in [-0.25, -0.2) is 37.0 Å². The first kappa shape index (κ1) is 130. The zero-order valence-electron chi connectivity index (χ0n) is 88.4. The van der Waals surface area contributed by atoms with Crippen molar-refractivity contribution >= 4 is 177 Å². The molecule has 0 bridgehead atoms. The molecule has 1 unspecified atom stereocenters. The van der Waals surface area contributed by atoms with Crippen LogP contribution in [0.15, 0.2) is 131 Å². The number of amides is 4. The molecule has 4 aromatic heterocycles. The molecule has 0 radical (unpaired) electrons. The number of hydrogen-bond acceptors (Lipinski definition) is 31. The average Bonchev–Trinajstić information content (AvgIpc) is 1.58. The number of likely N-dealkylation sites (tertiary alicyclic amines) is 5. The summed E-state index contributed by atoms with van der Waals surface area (Å²) in [6.45, 7) is 56.9. The van der Waals surface area contributed by atoms with Crippen molar-refractivity contribution in [1.29, 1.82) is 0 Å². The number of aliphatic hydroxyl groups is 4. The van der Waals surface area contributed by atoms with Crippen LogP contribution in [-0.4, -0.2) is 320 Å². The molecule has 9 aliphatic rings. The summed E-state index contributed by atoms with van der Waals surface area (Å²) in [5.74, 6) is 0.108. The van der Waals surface area contributed by atoms with Gasteiger partial charge in [0, 0.05) is 120 Å². The number of ether oxygens (including phenoxy) is 5. The predicted octanol–water partition coefficient (Wildman–Crippen LogP) is 15.9. The summed E-state index contributed by atoms with van der Waals surface area (Å²) in [5, 5.41) is 52.5. The van der Waals surface area contributed by atoms with Crippen LogP contribution in [0.4, 0.5) is 29.4 Å². The van der Waals surface area contributed by atoms with Crippen LogP contribution in [0.5, 0.6) is 5.75 Å². The van der Waals surface area contributed by atoms with E-state index in [0.29, 0.717) is 55.6 Å². The van der Waals surface area contributed by atoms with Gasteiger partial charge in [-0.1, -0.05) is 83.9 Å². The number of β-amino-alcohol motifs (C(OH)–C–C–N with tert-alkyl or cyclic N) is 3. The molecule has 9 saturated heterocycles. The normalized spacial score (nSPS) is 18.9. The van der Waals surface area contributed by atoms with E-state index in [1.54, 1.807) is 81.5 Å². The number of hydrogen-bond donors (Lipinski definition) is 7. The lowest BCUT2D eigenvalue weighted by Gasteiger charge is -2.42. The second-order valence-electron chi connectivity index (χ2n) is 42.3. The van der Waals surface area contributed by atoms with E-state index in [0.717, 1.165) is 56.7 Å². The summed E-state index contributed by atoms with van der Waals surface area (Å²) in [5.41, 5.74) is 5.52. The van der Waals surface area contributed by atoms with E-state index in [4.69, 9.17) is 100 Å². The molecule has 7 aromatic rings. The molecular formula is C95H147B3Br2Cl4FIN14O24S2. The third-order valence-corrected chi connectivity index (χ3v) is 25.7. The number of aliphatic hydroxyl groups excluding tert-OH is 4. The Morgan fingerprint density at radius 2 is 0.932 bits per heavy atom. The first-order valence-electron chi connectivity index (χ1n) is 47.1. The minimum atomic E-state index is -3.45. The van der Waals surface area contributed by atoms with Crippen molar-refractivity contribution < 1.29 is 117 Å². The molecule has 9 fully saturated rings. The zero-order chi connectivity index (χ0) is 110. The maximum atomic E-state index is 13.5. The third-order valence-electron chi connectivity index (χ3n) is 22.9. The first-order chi connectivity index (χ1) is 66.5. The van der Waals surface area contributed by atoms with E-state index < -0.39 is 86.8 Å². The van der Waals surface area contributed by atoms with Gasteiger partial charge in [0.15, 0.2) is 11.6 Å². The Kier molecular flexibility index (Phi) is 48.8. The monoisotopic (exact) mass is 2410 g/mol. The Balaban J connectivity index is 0.000000292. The van der Waals surface area contributed by atoms with Gasteiger partial charge in [0.2, 0.25) is 9.05 Å². The molecule has 0 aliphatic carbocycles. The van der Waals surface area contributed by atoms with Crippen molar-refractivity contribution in [2.24, 2.45) is 0 Å². The van der Waals surface area contributed by atoms with Crippen molar-refractivity contribution in [3.05, 3.63) is 167 Å². The molecule has 0 saturated carbocycles. The summed E-state index contributed by atoms with van der Waals surface area (Å²) in [6, 6.07) is 26.0. The molecule has 4 amide bonds. The fraction of sp³-hybridized carbons (Fsp3) is 0.621. The van der Waals surface area contributed by atoms with Crippen molar-refractivity contribution in [2.45, 2.75) is 285 Å². The van der Waals surface area contributed by atoms with Gasteiger partial charge in [0.1, 0.15) is 40.4 Å². The molecule has 16 rings (SSSR count). The van der Waals surface area contributed by atoms with Gasteiger partial charge in [0.05, 0.1) is 135 Å². The number of nitrogen functional groups attached to an aromatic ring is 1. The van der Waals surface area contributed by atoms with Crippen LogP contribution in [0.25, 0.3) is 0 Å². The van der Waals surface area contributed by atoms with Gasteiger partial charge in [-0.05, 0) is 264 Å². The van der Waals surface area contributed by atoms with Gasteiger partial charge in [0.25, 0.3) is 10.1 Å². The maximum Gasteiger partial charge on any atom is 0.498 e. The highest BCUT2D eigenvalue weighted by atomic mass is 127. The molecule has 146 heavy (non-hydrogen) atoms. The van der Waals surface area contributed by atoms with Crippen LogP contribution in [0, 0.1) is 9.39 Å². The number of nitrogens with one attached hydrogen (secondary N) is 2. The highest BCUT2D eigenvalue weighted by molar-refractivity contribution is 14.1. The molecule has 9 aliphatic heterocycles. The standard InChI is InChI=1S/C17H28BN3O4.C16H17NO.C13H10Cl2FIN2O.C12H24B2O4.C11H16BrN3O2.C9H17NO5S.C8H15NO3.C3H3BrN2.C3H7NO.C2H6O.CH3ClO2S.ClH/c1-15(2,3)23-14(22)20-10-13(11-20)21-9-12(8-19-21)18-24-16(4,5)17(6,7)25-18;18-15-11-17(12-15)16(13-7-3-1-4-8-13)14-9-5-2-6-10-14;1-6(11-8(14)2-3-9(16)12(11)15)20-10-4-7(17)5-19-13(10)18;1-9(2)10(3,4)16-13(15-9)14-17-11(5,6)12(7,8)18-14;1-11(2,3)17-10(16)14-6-9(7-14)15-5-8(12)4-13-15;1-9(2,3)14-8(11)10-5-7(6-10)15-16(4,12)13;1-8(2,3)12-7(11)9-4-6(10)5-9;4-3-1-5-6-2-3;5-3-1-4-2-3;1-2-3;1-5(2,3)4;/h8-9,13H,10-11H2,1-7H3;1-10,15-16,18H,11-12H2;2-6H,1H3,(H2,18,19);1-8H3;4-5,9H,6-7H2,1-3H3;7H,5-6H2,1-4H3;6,10H,4-5H2,1-3H3;1-2H,(H,5,6);3-5H,1-2H2;3H,2H2,1H3;1H3;1H. The van der Waals surface area contributed by atoms with Crippen molar-refractivity contribution in [3.63, 3.8) is 0 Å². The van der Waals surface area contributed by atoms with E-state index >= 15 is 0 Å². The lowest BCUT2D eigenvalue weighted by atomic mass is 9.49. The number of anilines is 1. The lowest BCUT2D eigenvalue weighted by molar-refractivity contribution is -0.0303. The summed E-state index contributed by atoms with van der Waals surface area (Å²) < 4.78 is 128. The van der Waals surface area contributed by atoms with E-state index in [2.05, 4.69) is 149 Å². The van der Waals surface area contributed by atoms with E-state index in [1.807, 2.05) is 179 Å². The fourth-order valence-electron chi connectivity index (χ4n) is 13.3. The highest BCUT2D eigenvalue weighted by Crippen LogP contribution is 2.45. The Labute approximate surface area is 911 Å². The number of aromatic amines is 1. The van der Waals surface area contributed by atoms with Gasteiger partial charge in [-0.2, -0.15) is 23.7 Å². The van der Waals surface area contributed by atoms with Gasteiger partial charge < -0.3 is 103 Å². The van der Waals surface area contributed by atoms with Gasteiger partial charge in [-0.3, -0.25) is 23.5 Å². The second kappa shape index (κ2) is 54.8. The lowest BCUT2D eigenvalue weighted by Crippen LogP contribution is -2.56. The maximum absolute atomic E-state index is 13.5. The number of carbonyl (C=O) groups excluding carboxylic acids is 4. The topological polar surface area (TPSA) is 460 Å². The minimum absolute atomic E-state index is 0. The Morgan fingerprint density at radius 1 is 0.568 bits per heavy atom. The zero-order valence-corrected chi connectivity index (χ0v) is 98.5. The molecule has 0 spiro atoms. The predicted molar refractivity (Wildman–Crippen MR) is 580 cm³/mol. The number of nitrogens with two attached hydrogens (primary N) is 1. The minimum Gasteiger partial charge on any atom is -0.482 e. The number of aromatic nitrogens is 7. The highest BCUT2D eigenvalue weighted by Gasteiger charge is 2.64. The van der Waals surface area contributed by atoms with Crippen molar-refractivity contribution in [1.82, 2.24) is 64.6 Å².